The number of benzene rings is 2. The number of fused-ring (bicyclic) bond motifs is 1. The fraction of sp³-hybridized carbons (Fsp3) is 0.111. The van der Waals surface area contributed by atoms with Gasteiger partial charge in [0.05, 0.1) is 5.69 Å². The van der Waals surface area contributed by atoms with Gasteiger partial charge in [-0.3, -0.25) is 10.3 Å². The topological polar surface area (TPSA) is 77.2 Å². The number of carbonyl (C=O) groups is 1. The summed E-state index contributed by atoms with van der Waals surface area (Å²) in [4.78, 5) is 16.2. The molecule has 23 heavy (non-hydrogen) atoms. The summed E-state index contributed by atoms with van der Waals surface area (Å²) in [6.07, 6.45) is 2.85. The summed E-state index contributed by atoms with van der Waals surface area (Å²) in [5, 5.41) is 4.45. The Morgan fingerprint density at radius 1 is 1.22 bits per heavy atom. The molecule has 1 amide bonds. The highest BCUT2D eigenvalue weighted by Gasteiger charge is 2.12. The molecule has 5 heteroatoms. The van der Waals surface area contributed by atoms with Crippen LogP contribution in [0.2, 0.25) is 0 Å². The summed E-state index contributed by atoms with van der Waals surface area (Å²) < 4.78 is 5.27. The van der Waals surface area contributed by atoms with Gasteiger partial charge in [-0.15, -0.1) is 0 Å². The third-order valence-electron chi connectivity index (χ3n) is 3.61. The Balaban J connectivity index is 1.80. The van der Waals surface area contributed by atoms with E-state index >= 15 is 0 Å². The van der Waals surface area contributed by atoms with E-state index in [9.17, 15) is 4.79 Å². The van der Waals surface area contributed by atoms with Gasteiger partial charge in [-0.2, -0.15) is 0 Å². The van der Waals surface area contributed by atoms with Crippen molar-refractivity contribution in [2.45, 2.75) is 13.5 Å². The molecular formula is C18H17N3O2. The maximum Gasteiger partial charge on any atom is 0.411 e. The SMILES string of the molecule is Cc1cc(N)c2cnccc2c1NC(=O)OCc1ccccc1. The molecule has 116 valence electrons. The van der Waals surface area contributed by atoms with Gasteiger partial charge in [0.2, 0.25) is 0 Å². The Labute approximate surface area is 134 Å². The van der Waals surface area contributed by atoms with Gasteiger partial charge in [-0.25, -0.2) is 4.79 Å². The normalized spacial score (nSPS) is 10.5. The van der Waals surface area contributed by atoms with Gasteiger partial charge in [0.25, 0.3) is 0 Å². The second kappa shape index (κ2) is 6.36. The van der Waals surface area contributed by atoms with Crippen LogP contribution in [-0.2, 0) is 11.3 Å². The van der Waals surface area contributed by atoms with E-state index in [1.807, 2.05) is 49.4 Å². The second-order valence-electron chi connectivity index (χ2n) is 5.27. The molecule has 0 radical (unpaired) electrons. The Bertz CT molecular complexity index is 848. The summed E-state index contributed by atoms with van der Waals surface area (Å²) in [6.45, 7) is 2.11. The molecule has 2 aromatic carbocycles. The Kier molecular flexibility index (Phi) is 4.10. The third-order valence-corrected chi connectivity index (χ3v) is 3.61. The minimum absolute atomic E-state index is 0.222. The summed E-state index contributed by atoms with van der Waals surface area (Å²) in [7, 11) is 0. The van der Waals surface area contributed by atoms with Crippen LogP contribution < -0.4 is 11.1 Å². The Hall–Kier alpha value is -3.08. The fourth-order valence-corrected chi connectivity index (χ4v) is 2.47. The molecule has 0 saturated carbocycles. The molecule has 3 aromatic rings. The van der Waals surface area contributed by atoms with Gasteiger partial charge in [0.1, 0.15) is 6.61 Å². The minimum Gasteiger partial charge on any atom is -0.444 e. The van der Waals surface area contributed by atoms with Crippen LogP contribution in [-0.4, -0.2) is 11.1 Å². The van der Waals surface area contributed by atoms with Crippen LogP contribution >= 0.6 is 0 Å². The van der Waals surface area contributed by atoms with Crippen molar-refractivity contribution in [2.75, 3.05) is 11.1 Å². The lowest BCUT2D eigenvalue weighted by Gasteiger charge is -2.13. The minimum atomic E-state index is -0.500. The smallest absolute Gasteiger partial charge is 0.411 e. The van der Waals surface area contributed by atoms with Gasteiger partial charge in [0, 0.05) is 28.9 Å². The number of pyridine rings is 1. The number of carbonyl (C=O) groups excluding carboxylic acids is 1. The van der Waals surface area contributed by atoms with E-state index in [0.29, 0.717) is 11.4 Å². The first-order valence-corrected chi connectivity index (χ1v) is 7.25. The molecule has 0 unspecified atom stereocenters. The lowest BCUT2D eigenvalue weighted by atomic mass is 10.0. The third kappa shape index (κ3) is 3.23. The highest BCUT2D eigenvalue weighted by atomic mass is 16.5. The van der Waals surface area contributed by atoms with Gasteiger partial charge in [0.15, 0.2) is 0 Å². The second-order valence-corrected chi connectivity index (χ2v) is 5.27. The van der Waals surface area contributed by atoms with Crippen LogP contribution in [0, 0.1) is 6.92 Å². The lowest BCUT2D eigenvalue weighted by molar-refractivity contribution is 0.155. The Morgan fingerprint density at radius 2 is 2.00 bits per heavy atom. The molecule has 1 aromatic heterocycles. The van der Waals surface area contributed by atoms with E-state index in [2.05, 4.69) is 10.3 Å². The molecule has 0 aliphatic heterocycles. The van der Waals surface area contributed by atoms with Crippen LogP contribution in [0.5, 0.6) is 0 Å². The number of amides is 1. The number of hydrogen-bond donors (Lipinski definition) is 2. The van der Waals surface area contributed by atoms with Crippen molar-refractivity contribution < 1.29 is 9.53 Å². The zero-order chi connectivity index (χ0) is 16.2. The number of hydrogen-bond acceptors (Lipinski definition) is 4. The van der Waals surface area contributed by atoms with E-state index in [0.717, 1.165) is 21.9 Å². The molecule has 5 nitrogen and oxygen atoms in total. The molecule has 0 aliphatic carbocycles. The molecule has 0 atom stereocenters. The maximum absolute atomic E-state index is 12.1. The van der Waals surface area contributed by atoms with Gasteiger partial charge >= 0.3 is 6.09 Å². The monoisotopic (exact) mass is 307 g/mol. The van der Waals surface area contributed by atoms with Crippen LogP contribution in [0.3, 0.4) is 0 Å². The first kappa shape index (κ1) is 14.8. The summed E-state index contributed by atoms with van der Waals surface area (Å²) in [5.41, 5.74) is 9.14. The van der Waals surface area contributed by atoms with Gasteiger partial charge in [-0.05, 0) is 30.2 Å². The van der Waals surface area contributed by atoms with Crippen LogP contribution in [0.15, 0.2) is 54.9 Å². The number of anilines is 2. The number of nitrogens with zero attached hydrogens (tertiary/aromatic N) is 1. The van der Waals surface area contributed by atoms with E-state index in [-0.39, 0.29) is 6.61 Å². The number of aromatic nitrogens is 1. The highest BCUT2D eigenvalue weighted by molar-refractivity contribution is 6.05. The quantitative estimate of drug-likeness (QED) is 0.720. The molecule has 3 N–H and O–H groups in total. The number of aryl methyl sites for hydroxylation is 1. The average Bonchev–Trinajstić information content (AvgIpc) is 2.58. The fourth-order valence-electron chi connectivity index (χ4n) is 2.47. The van der Waals surface area contributed by atoms with Crippen LogP contribution in [0.4, 0.5) is 16.2 Å². The zero-order valence-electron chi connectivity index (χ0n) is 12.7. The van der Waals surface area contributed by atoms with Crippen LogP contribution in [0.1, 0.15) is 11.1 Å². The van der Waals surface area contributed by atoms with E-state index in [1.54, 1.807) is 12.4 Å². The van der Waals surface area contributed by atoms with Crippen molar-refractivity contribution in [3.8, 4) is 0 Å². The first-order chi connectivity index (χ1) is 11.1. The number of nitrogen functional groups attached to an aromatic ring is 1. The highest BCUT2D eigenvalue weighted by Crippen LogP contribution is 2.31. The van der Waals surface area contributed by atoms with Crippen molar-refractivity contribution in [3.05, 3.63) is 66.0 Å². The van der Waals surface area contributed by atoms with Crippen molar-refractivity contribution in [1.29, 1.82) is 0 Å². The molecule has 0 bridgehead atoms. The molecular weight excluding hydrogens is 290 g/mol. The van der Waals surface area contributed by atoms with Gasteiger partial charge in [-0.1, -0.05) is 30.3 Å². The van der Waals surface area contributed by atoms with Crippen molar-refractivity contribution in [2.24, 2.45) is 0 Å². The molecule has 0 aliphatic rings. The number of nitrogens with one attached hydrogen (secondary N) is 1. The number of ether oxygens (including phenoxy) is 1. The zero-order valence-corrected chi connectivity index (χ0v) is 12.7. The van der Waals surface area contributed by atoms with Crippen LogP contribution in [0.25, 0.3) is 10.8 Å². The molecule has 3 rings (SSSR count). The predicted molar refractivity (Wildman–Crippen MR) is 91.1 cm³/mol. The van der Waals surface area contributed by atoms with E-state index in [1.165, 1.54) is 0 Å². The summed E-state index contributed by atoms with van der Waals surface area (Å²) in [6, 6.07) is 13.2. The van der Waals surface area contributed by atoms with Crippen molar-refractivity contribution in [3.63, 3.8) is 0 Å². The summed E-state index contributed by atoms with van der Waals surface area (Å²) >= 11 is 0. The molecule has 0 spiro atoms. The standard InChI is InChI=1S/C18H17N3O2/c1-12-9-16(19)15-10-20-8-7-14(15)17(12)21-18(22)23-11-13-5-3-2-4-6-13/h2-10H,11,19H2,1H3,(H,21,22). The average molecular weight is 307 g/mol. The predicted octanol–water partition coefficient (Wildman–Crippen LogP) is 3.87. The first-order valence-electron chi connectivity index (χ1n) is 7.25. The molecule has 0 saturated heterocycles. The molecule has 0 fully saturated rings. The lowest BCUT2D eigenvalue weighted by Crippen LogP contribution is -2.15. The number of nitrogens with two attached hydrogens (primary N) is 1. The number of rotatable bonds is 3. The largest absolute Gasteiger partial charge is 0.444 e. The maximum atomic E-state index is 12.1. The van der Waals surface area contributed by atoms with Gasteiger partial charge < -0.3 is 10.5 Å². The van der Waals surface area contributed by atoms with Crippen molar-refractivity contribution in [1.82, 2.24) is 4.98 Å². The van der Waals surface area contributed by atoms with E-state index < -0.39 is 6.09 Å². The van der Waals surface area contributed by atoms with Crippen molar-refractivity contribution >= 4 is 28.2 Å². The summed E-state index contributed by atoms with van der Waals surface area (Å²) in [5.74, 6) is 0. The Morgan fingerprint density at radius 3 is 2.78 bits per heavy atom. The molecule has 1 heterocycles. The van der Waals surface area contributed by atoms with E-state index in [4.69, 9.17) is 10.5 Å².